The molecule has 0 radical (unpaired) electrons. The van der Waals surface area contributed by atoms with Gasteiger partial charge in [0.05, 0.1) is 13.5 Å². The van der Waals surface area contributed by atoms with Gasteiger partial charge in [-0.3, -0.25) is 4.79 Å². The standard InChI is InChI=1S/C13H17BrO2/c1-10-6-11(4-3-5-14)8-12(7-10)9-13(15)16-2/h6-8H,3-5,9H2,1-2H3. The van der Waals surface area contributed by atoms with Gasteiger partial charge in [-0.1, -0.05) is 39.7 Å². The zero-order valence-corrected chi connectivity index (χ0v) is 11.3. The van der Waals surface area contributed by atoms with Crippen molar-refractivity contribution >= 4 is 21.9 Å². The molecular weight excluding hydrogens is 268 g/mol. The highest BCUT2D eigenvalue weighted by Crippen LogP contribution is 2.13. The van der Waals surface area contributed by atoms with E-state index in [1.165, 1.54) is 18.2 Å². The summed E-state index contributed by atoms with van der Waals surface area (Å²) in [5, 5.41) is 1.01. The molecule has 0 unspecified atom stereocenters. The summed E-state index contributed by atoms with van der Waals surface area (Å²) in [7, 11) is 1.42. The van der Waals surface area contributed by atoms with Crippen molar-refractivity contribution < 1.29 is 9.53 Å². The van der Waals surface area contributed by atoms with Crippen LogP contribution in [-0.2, 0) is 22.4 Å². The molecule has 0 heterocycles. The lowest BCUT2D eigenvalue weighted by atomic mass is 10.0. The number of alkyl halides is 1. The number of esters is 1. The summed E-state index contributed by atoms with van der Waals surface area (Å²) in [6, 6.07) is 6.30. The maximum atomic E-state index is 11.2. The Balaban J connectivity index is 2.77. The first kappa shape index (κ1) is 13.2. The molecule has 0 saturated heterocycles. The molecule has 0 amide bonds. The molecule has 0 aliphatic carbocycles. The molecule has 0 atom stereocenters. The van der Waals surface area contributed by atoms with Crippen molar-refractivity contribution in [2.75, 3.05) is 12.4 Å². The van der Waals surface area contributed by atoms with Crippen LogP contribution in [0.2, 0.25) is 0 Å². The minimum atomic E-state index is -0.183. The molecule has 1 rings (SSSR count). The Morgan fingerprint density at radius 3 is 2.62 bits per heavy atom. The molecule has 0 N–H and O–H groups in total. The predicted molar refractivity (Wildman–Crippen MR) is 69.0 cm³/mol. The van der Waals surface area contributed by atoms with Crippen LogP contribution in [0.3, 0.4) is 0 Å². The molecular formula is C13H17BrO2. The van der Waals surface area contributed by atoms with Crippen molar-refractivity contribution in [3.8, 4) is 0 Å². The van der Waals surface area contributed by atoms with Gasteiger partial charge in [0.2, 0.25) is 0 Å². The smallest absolute Gasteiger partial charge is 0.309 e. The van der Waals surface area contributed by atoms with Crippen LogP contribution in [0.5, 0.6) is 0 Å². The highest BCUT2D eigenvalue weighted by Gasteiger charge is 2.04. The van der Waals surface area contributed by atoms with Crippen molar-refractivity contribution in [3.05, 3.63) is 34.9 Å². The van der Waals surface area contributed by atoms with E-state index in [2.05, 4.69) is 39.7 Å². The largest absolute Gasteiger partial charge is 0.469 e. The van der Waals surface area contributed by atoms with Crippen LogP contribution in [0.15, 0.2) is 18.2 Å². The Morgan fingerprint density at radius 1 is 1.31 bits per heavy atom. The SMILES string of the molecule is COC(=O)Cc1cc(C)cc(CCCBr)c1. The summed E-state index contributed by atoms with van der Waals surface area (Å²) in [6.45, 7) is 2.05. The average molecular weight is 285 g/mol. The van der Waals surface area contributed by atoms with Crippen LogP contribution in [0.25, 0.3) is 0 Å². The third-order valence-electron chi connectivity index (χ3n) is 2.37. The van der Waals surface area contributed by atoms with Gasteiger partial charge < -0.3 is 4.74 Å². The molecule has 0 aromatic heterocycles. The third kappa shape index (κ3) is 4.35. The lowest BCUT2D eigenvalue weighted by Crippen LogP contribution is -2.05. The van der Waals surface area contributed by atoms with Gasteiger partial charge in [-0.15, -0.1) is 0 Å². The molecule has 2 nitrogen and oxygen atoms in total. The fourth-order valence-electron chi connectivity index (χ4n) is 1.70. The van der Waals surface area contributed by atoms with Crippen LogP contribution in [-0.4, -0.2) is 18.4 Å². The average Bonchev–Trinajstić information content (AvgIpc) is 2.25. The van der Waals surface area contributed by atoms with E-state index in [0.717, 1.165) is 23.7 Å². The van der Waals surface area contributed by atoms with E-state index in [-0.39, 0.29) is 5.97 Å². The van der Waals surface area contributed by atoms with Gasteiger partial charge in [-0.2, -0.15) is 0 Å². The fourth-order valence-corrected chi connectivity index (χ4v) is 1.98. The molecule has 0 bridgehead atoms. The summed E-state index contributed by atoms with van der Waals surface area (Å²) in [6.07, 6.45) is 2.52. The molecule has 0 spiro atoms. The summed E-state index contributed by atoms with van der Waals surface area (Å²) in [5.41, 5.74) is 3.53. The van der Waals surface area contributed by atoms with E-state index in [1.807, 2.05) is 6.07 Å². The fraction of sp³-hybridized carbons (Fsp3) is 0.462. The molecule has 88 valence electrons. The number of hydrogen-bond donors (Lipinski definition) is 0. The van der Waals surface area contributed by atoms with E-state index in [0.29, 0.717) is 6.42 Å². The van der Waals surface area contributed by atoms with E-state index < -0.39 is 0 Å². The van der Waals surface area contributed by atoms with Gasteiger partial charge in [0.15, 0.2) is 0 Å². The Morgan fingerprint density at radius 2 is 2.00 bits per heavy atom. The summed E-state index contributed by atoms with van der Waals surface area (Å²) in [4.78, 5) is 11.2. The number of ether oxygens (including phenoxy) is 1. The van der Waals surface area contributed by atoms with Crippen molar-refractivity contribution in [3.63, 3.8) is 0 Å². The minimum Gasteiger partial charge on any atom is -0.469 e. The molecule has 0 fully saturated rings. The molecule has 16 heavy (non-hydrogen) atoms. The number of benzene rings is 1. The highest BCUT2D eigenvalue weighted by molar-refractivity contribution is 9.09. The van der Waals surface area contributed by atoms with Crippen molar-refractivity contribution in [1.29, 1.82) is 0 Å². The predicted octanol–water partition coefficient (Wildman–Crippen LogP) is 3.04. The van der Waals surface area contributed by atoms with Crippen LogP contribution in [0.4, 0.5) is 0 Å². The summed E-state index contributed by atoms with van der Waals surface area (Å²) in [5.74, 6) is -0.183. The lowest BCUT2D eigenvalue weighted by Gasteiger charge is -2.06. The molecule has 3 heteroatoms. The van der Waals surface area contributed by atoms with E-state index >= 15 is 0 Å². The van der Waals surface area contributed by atoms with Crippen LogP contribution in [0, 0.1) is 6.92 Å². The topological polar surface area (TPSA) is 26.3 Å². The van der Waals surface area contributed by atoms with Gasteiger partial charge in [-0.25, -0.2) is 0 Å². The molecule has 0 saturated carbocycles. The van der Waals surface area contributed by atoms with Crippen molar-refractivity contribution in [2.24, 2.45) is 0 Å². The normalized spacial score (nSPS) is 10.2. The van der Waals surface area contributed by atoms with E-state index in [1.54, 1.807) is 0 Å². The zero-order chi connectivity index (χ0) is 12.0. The van der Waals surface area contributed by atoms with Gasteiger partial charge in [0.1, 0.15) is 0 Å². The molecule has 1 aromatic carbocycles. The first-order valence-corrected chi connectivity index (χ1v) is 6.50. The maximum Gasteiger partial charge on any atom is 0.309 e. The number of rotatable bonds is 5. The zero-order valence-electron chi connectivity index (χ0n) is 9.75. The Labute approximate surface area is 105 Å². The Hall–Kier alpha value is -0.830. The minimum absolute atomic E-state index is 0.183. The Bertz CT molecular complexity index is 361. The van der Waals surface area contributed by atoms with Crippen LogP contribution in [0.1, 0.15) is 23.1 Å². The van der Waals surface area contributed by atoms with Gasteiger partial charge in [0.25, 0.3) is 0 Å². The van der Waals surface area contributed by atoms with Crippen LogP contribution >= 0.6 is 15.9 Å². The first-order chi connectivity index (χ1) is 7.65. The van der Waals surface area contributed by atoms with Crippen molar-refractivity contribution in [2.45, 2.75) is 26.2 Å². The van der Waals surface area contributed by atoms with Crippen LogP contribution < -0.4 is 0 Å². The second kappa shape index (κ2) is 6.69. The van der Waals surface area contributed by atoms with E-state index in [9.17, 15) is 4.79 Å². The lowest BCUT2D eigenvalue weighted by molar-refractivity contribution is -0.139. The second-order valence-electron chi connectivity index (χ2n) is 3.87. The number of aryl methyl sites for hydroxylation is 2. The molecule has 0 aliphatic rings. The molecule has 1 aromatic rings. The van der Waals surface area contributed by atoms with Crippen molar-refractivity contribution in [1.82, 2.24) is 0 Å². The van der Waals surface area contributed by atoms with Gasteiger partial charge >= 0.3 is 5.97 Å². The number of methoxy groups -OCH3 is 1. The number of hydrogen-bond acceptors (Lipinski definition) is 2. The third-order valence-corrected chi connectivity index (χ3v) is 2.93. The number of carbonyl (C=O) groups excluding carboxylic acids is 1. The summed E-state index contributed by atoms with van der Waals surface area (Å²) < 4.78 is 4.67. The monoisotopic (exact) mass is 284 g/mol. The van der Waals surface area contributed by atoms with E-state index in [4.69, 9.17) is 0 Å². The summed E-state index contributed by atoms with van der Waals surface area (Å²) >= 11 is 3.42. The highest BCUT2D eigenvalue weighted by atomic mass is 79.9. The quantitative estimate of drug-likeness (QED) is 0.614. The maximum absolute atomic E-state index is 11.2. The number of carbonyl (C=O) groups is 1. The number of halogens is 1. The second-order valence-corrected chi connectivity index (χ2v) is 4.67. The molecule has 0 aliphatic heterocycles. The Kier molecular flexibility index (Phi) is 5.53. The van der Waals surface area contributed by atoms with Gasteiger partial charge in [-0.05, 0) is 30.9 Å². The first-order valence-electron chi connectivity index (χ1n) is 5.38. The van der Waals surface area contributed by atoms with Gasteiger partial charge in [0, 0.05) is 5.33 Å².